The highest BCUT2D eigenvalue weighted by molar-refractivity contribution is 6.46. The van der Waals surface area contributed by atoms with E-state index in [-0.39, 0.29) is 16.9 Å². The molecule has 7 nitrogen and oxygen atoms in total. The topological polar surface area (TPSA) is 90.3 Å². The van der Waals surface area contributed by atoms with Gasteiger partial charge in [-0.25, -0.2) is 0 Å². The number of aliphatic hydroxyl groups excluding tert-OH is 1. The summed E-state index contributed by atoms with van der Waals surface area (Å²) < 4.78 is 5.08. The van der Waals surface area contributed by atoms with Crippen LogP contribution < -0.4 is 4.74 Å². The number of benzene rings is 2. The van der Waals surface area contributed by atoms with Crippen LogP contribution in [0.25, 0.3) is 5.76 Å². The number of amides is 1. The second kappa shape index (κ2) is 10.1. The highest BCUT2D eigenvalue weighted by atomic mass is 35.5. The van der Waals surface area contributed by atoms with Crippen molar-refractivity contribution in [3.63, 3.8) is 0 Å². The Labute approximate surface area is 192 Å². The Morgan fingerprint density at radius 2 is 1.78 bits per heavy atom. The second-order valence-electron chi connectivity index (χ2n) is 7.45. The molecule has 8 heteroatoms. The molecule has 170 valence electrons. The first-order chi connectivity index (χ1) is 15.3. The number of Topliss-reactive ketones (excluding diaryl/α,β-unsaturated/α-hetero) is 1. The van der Waals surface area contributed by atoms with Crippen LogP contribution in [0.1, 0.15) is 31.0 Å². The number of nitrogens with zero attached hydrogens (tertiary/aromatic N) is 2. The molecule has 2 aromatic rings. The molecule has 1 aliphatic heterocycles. The molecule has 0 saturated carbocycles. The predicted molar refractivity (Wildman–Crippen MR) is 123 cm³/mol. The minimum Gasteiger partial charge on any atom is -0.507 e. The molecule has 0 aliphatic carbocycles. The number of carbonyl (C=O) groups is 2. The van der Waals surface area contributed by atoms with Crippen molar-refractivity contribution in [1.29, 1.82) is 0 Å². The molecule has 0 spiro atoms. The zero-order chi connectivity index (χ0) is 23.4. The Kier molecular flexibility index (Phi) is 7.43. The molecule has 0 unspecified atom stereocenters. The summed E-state index contributed by atoms with van der Waals surface area (Å²) in [6, 6.07) is 10.3. The summed E-state index contributed by atoms with van der Waals surface area (Å²) in [6.07, 6.45) is 0. The van der Waals surface area contributed by atoms with Gasteiger partial charge in [-0.2, -0.15) is 0 Å². The summed E-state index contributed by atoms with van der Waals surface area (Å²) in [7, 11) is 1.45. The van der Waals surface area contributed by atoms with Crippen LogP contribution in [-0.2, 0) is 9.59 Å². The zero-order valence-corrected chi connectivity index (χ0v) is 19.1. The maximum Gasteiger partial charge on any atom is 0.295 e. The standard InChI is InChI=1S/C24H27ClN2O5/c1-4-26(5-2)12-13-27-21(15-6-8-16(25)9-7-15)20(23(30)24(27)31)22(29)18-11-10-17(32-3)14-19(18)28/h6-11,14,21,28-29H,4-5,12-13H2,1-3H3/t21-/m0/s1. The number of carbonyl (C=O) groups excluding carboxylic acids is 2. The quantitative estimate of drug-likeness (QED) is 0.355. The molecular weight excluding hydrogens is 432 g/mol. The van der Waals surface area contributed by atoms with E-state index in [1.807, 2.05) is 13.8 Å². The van der Waals surface area contributed by atoms with E-state index in [0.29, 0.717) is 29.4 Å². The molecule has 1 saturated heterocycles. The van der Waals surface area contributed by atoms with E-state index in [1.54, 1.807) is 30.3 Å². The van der Waals surface area contributed by atoms with Crippen LogP contribution in [0.2, 0.25) is 5.02 Å². The monoisotopic (exact) mass is 458 g/mol. The van der Waals surface area contributed by atoms with Gasteiger partial charge in [0.25, 0.3) is 11.7 Å². The zero-order valence-electron chi connectivity index (χ0n) is 18.3. The number of aromatic hydroxyl groups is 1. The lowest BCUT2D eigenvalue weighted by atomic mass is 9.95. The number of halogens is 1. The molecule has 0 radical (unpaired) electrons. The molecular formula is C24H27ClN2O5. The van der Waals surface area contributed by atoms with Gasteiger partial charge in [-0.15, -0.1) is 0 Å². The molecule has 2 N–H and O–H groups in total. The van der Waals surface area contributed by atoms with Crippen molar-refractivity contribution in [1.82, 2.24) is 9.80 Å². The molecule has 0 aromatic heterocycles. The third kappa shape index (κ3) is 4.59. The van der Waals surface area contributed by atoms with E-state index >= 15 is 0 Å². The van der Waals surface area contributed by atoms with E-state index in [4.69, 9.17) is 16.3 Å². The smallest absolute Gasteiger partial charge is 0.295 e. The Balaban J connectivity index is 2.12. The molecule has 1 fully saturated rings. The summed E-state index contributed by atoms with van der Waals surface area (Å²) in [5, 5.41) is 22.0. The number of rotatable bonds is 8. The number of aliphatic hydroxyl groups is 1. The second-order valence-corrected chi connectivity index (χ2v) is 7.89. The van der Waals surface area contributed by atoms with Crippen LogP contribution in [0.5, 0.6) is 11.5 Å². The van der Waals surface area contributed by atoms with Crippen molar-refractivity contribution >= 4 is 29.1 Å². The normalized spacial score (nSPS) is 17.9. The molecule has 1 heterocycles. The van der Waals surface area contributed by atoms with Crippen molar-refractivity contribution in [2.75, 3.05) is 33.3 Å². The first kappa shape index (κ1) is 23.6. The van der Waals surface area contributed by atoms with Gasteiger partial charge in [0.15, 0.2) is 0 Å². The number of likely N-dealkylation sites (tertiary alicyclic amines) is 1. The number of phenols is 1. The number of phenolic OH excluding ortho intramolecular Hbond substituents is 1. The summed E-state index contributed by atoms with van der Waals surface area (Å²) in [5.41, 5.74) is 0.617. The largest absolute Gasteiger partial charge is 0.507 e. The van der Waals surface area contributed by atoms with E-state index in [9.17, 15) is 19.8 Å². The first-order valence-electron chi connectivity index (χ1n) is 10.5. The third-order valence-corrected chi connectivity index (χ3v) is 5.99. The maximum atomic E-state index is 13.0. The Hall–Kier alpha value is -3.03. The summed E-state index contributed by atoms with van der Waals surface area (Å²) in [4.78, 5) is 29.6. The SMILES string of the molecule is CCN(CC)CCN1C(=O)C(=O)C(=C(O)c2ccc(OC)cc2O)[C@@H]1c1ccc(Cl)cc1. The fraction of sp³-hybridized carbons (Fsp3) is 0.333. The maximum absolute atomic E-state index is 13.0. The number of likely N-dealkylation sites (N-methyl/N-ethyl adjacent to an activating group) is 1. The summed E-state index contributed by atoms with van der Waals surface area (Å²) in [6.45, 7) is 6.57. The van der Waals surface area contributed by atoms with E-state index < -0.39 is 23.5 Å². The summed E-state index contributed by atoms with van der Waals surface area (Å²) >= 11 is 6.04. The Morgan fingerprint density at radius 1 is 1.12 bits per heavy atom. The van der Waals surface area contributed by atoms with Crippen LogP contribution in [0.3, 0.4) is 0 Å². The lowest BCUT2D eigenvalue weighted by Gasteiger charge is -2.28. The van der Waals surface area contributed by atoms with Gasteiger partial charge in [0.1, 0.15) is 17.3 Å². The van der Waals surface area contributed by atoms with Crippen molar-refractivity contribution < 1.29 is 24.5 Å². The van der Waals surface area contributed by atoms with Gasteiger partial charge in [-0.3, -0.25) is 9.59 Å². The number of ketones is 1. The minimum absolute atomic E-state index is 0.0477. The van der Waals surface area contributed by atoms with Gasteiger partial charge in [0, 0.05) is 24.2 Å². The number of hydrogen-bond acceptors (Lipinski definition) is 6. The number of hydrogen-bond donors (Lipinski definition) is 2. The molecule has 0 bridgehead atoms. The van der Waals surface area contributed by atoms with E-state index in [0.717, 1.165) is 13.1 Å². The highest BCUT2D eigenvalue weighted by Gasteiger charge is 2.46. The Morgan fingerprint density at radius 3 is 2.34 bits per heavy atom. The first-order valence-corrected chi connectivity index (χ1v) is 10.8. The Bertz CT molecular complexity index is 1030. The van der Waals surface area contributed by atoms with Crippen LogP contribution in [-0.4, -0.2) is 65.0 Å². The van der Waals surface area contributed by atoms with Crippen LogP contribution in [0.15, 0.2) is 48.0 Å². The van der Waals surface area contributed by atoms with Gasteiger partial charge in [0.2, 0.25) is 0 Å². The predicted octanol–water partition coefficient (Wildman–Crippen LogP) is 3.82. The number of ether oxygens (including phenoxy) is 1. The van der Waals surface area contributed by atoms with Gasteiger partial charge >= 0.3 is 0 Å². The van der Waals surface area contributed by atoms with Gasteiger partial charge in [0.05, 0.1) is 24.3 Å². The van der Waals surface area contributed by atoms with Crippen LogP contribution >= 0.6 is 11.6 Å². The highest BCUT2D eigenvalue weighted by Crippen LogP contribution is 2.41. The minimum atomic E-state index is -0.802. The third-order valence-electron chi connectivity index (χ3n) is 5.74. The molecule has 1 amide bonds. The van der Waals surface area contributed by atoms with Crippen molar-refractivity contribution in [3.8, 4) is 11.5 Å². The average Bonchev–Trinajstić information content (AvgIpc) is 3.04. The van der Waals surface area contributed by atoms with Crippen molar-refractivity contribution in [3.05, 3.63) is 64.2 Å². The molecule has 1 atom stereocenters. The molecule has 2 aromatic carbocycles. The van der Waals surface area contributed by atoms with E-state index in [1.165, 1.54) is 24.1 Å². The van der Waals surface area contributed by atoms with Crippen LogP contribution in [0.4, 0.5) is 0 Å². The van der Waals surface area contributed by atoms with E-state index in [2.05, 4.69) is 4.90 Å². The molecule has 1 aliphatic rings. The lowest BCUT2D eigenvalue weighted by Crippen LogP contribution is -2.38. The van der Waals surface area contributed by atoms with Crippen LogP contribution in [0, 0.1) is 0 Å². The van der Waals surface area contributed by atoms with Gasteiger partial charge in [-0.05, 0) is 42.9 Å². The summed E-state index contributed by atoms with van der Waals surface area (Å²) in [5.74, 6) is -1.78. The fourth-order valence-electron chi connectivity index (χ4n) is 3.88. The number of methoxy groups -OCH3 is 1. The fourth-order valence-corrected chi connectivity index (χ4v) is 4.00. The lowest BCUT2D eigenvalue weighted by molar-refractivity contribution is -0.140. The average molecular weight is 459 g/mol. The van der Waals surface area contributed by atoms with Gasteiger partial charge in [-0.1, -0.05) is 37.6 Å². The van der Waals surface area contributed by atoms with Crippen molar-refractivity contribution in [2.45, 2.75) is 19.9 Å². The van der Waals surface area contributed by atoms with Gasteiger partial charge < -0.3 is 24.7 Å². The molecule has 32 heavy (non-hydrogen) atoms. The molecule has 3 rings (SSSR count). The van der Waals surface area contributed by atoms with Crippen molar-refractivity contribution in [2.24, 2.45) is 0 Å².